The van der Waals surface area contributed by atoms with Crippen LogP contribution >= 0.6 is 11.6 Å². The zero-order valence-corrected chi connectivity index (χ0v) is 15.3. The van der Waals surface area contributed by atoms with Crippen LogP contribution in [0.3, 0.4) is 0 Å². The zero-order chi connectivity index (χ0) is 19.6. The number of pyridine rings is 1. The molecule has 9 heteroatoms. The lowest BCUT2D eigenvalue weighted by atomic mass is 9.93. The highest BCUT2D eigenvalue weighted by molar-refractivity contribution is 6.33. The number of rotatable bonds is 5. The maximum Gasteiger partial charge on any atom is 0.344 e. The largest absolute Gasteiger partial charge is 0.397 e. The molecule has 0 saturated carbocycles. The van der Waals surface area contributed by atoms with Crippen molar-refractivity contribution in [1.82, 2.24) is 20.7 Å². The number of halogens is 1. The van der Waals surface area contributed by atoms with Gasteiger partial charge in [-0.2, -0.15) is 5.01 Å². The van der Waals surface area contributed by atoms with Gasteiger partial charge in [-0.25, -0.2) is 9.78 Å². The molecular weight excluding hydrogens is 370 g/mol. The summed E-state index contributed by atoms with van der Waals surface area (Å²) in [6.45, 7) is 1.63. The van der Waals surface area contributed by atoms with Crippen molar-refractivity contribution in [3.05, 3.63) is 58.9 Å². The maximum absolute atomic E-state index is 12.7. The zero-order valence-electron chi connectivity index (χ0n) is 14.5. The summed E-state index contributed by atoms with van der Waals surface area (Å²) < 4.78 is 0. The number of hydrogen-bond acceptors (Lipinski definition) is 5. The second-order valence-electron chi connectivity index (χ2n) is 6.42. The number of carbonyl (C=O) groups is 3. The van der Waals surface area contributed by atoms with Gasteiger partial charge in [0.25, 0.3) is 11.8 Å². The molecule has 1 aromatic heterocycles. The Bertz CT molecular complexity index is 905. The molecule has 8 nitrogen and oxygen atoms in total. The third kappa shape index (κ3) is 3.85. The summed E-state index contributed by atoms with van der Waals surface area (Å²) in [6.07, 6.45) is 2.21. The molecule has 0 radical (unpaired) electrons. The topological polar surface area (TPSA) is 117 Å². The van der Waals surface area contributed by atoms with Crippen molar-refractivity contribution in [2.75, 3.05) is 5.73 Å². The van der Waals surface area contributed by atoms with Gasteiger partial charge >= 0.3 is 6.03 Å². The van der Waals surface area contributed by atoms with Gasteiger partial charge < -0.3 is 11.1 Å². The lowest BCUT2D eigenvalue weighted by molar-refractivity contribution is -0.132. The summed E-state index contributed by atoms with van der Waals surface area (Å²) in [7, 11) is 0. The molecule has 27 heavy (non-hydrogen) atoms. The molecule has 3 rings (SSSR count). The van der Waals surface area contributed by atoms with Crippen LogP contribution in [0.5, 0.6) is 0 Å². The summed E-state index contributed by atoms with van der Waals surface area (Å²) in [4.78, 5) is 41.1. The van der Waals surface area contributed by atoms with Crippen LogP contribution in [0.1, 0.15) is 29.4 Å². The first-order valence-electron chi connectivity index (χ1n) is 8.23. The highest BCUT2D eigenvalue weighted by atomic mass is 35.5. The highest BCUT2D eigenvalue weighted by Gasteiger charge is 2.48. The van der Waals surface area contributed by atoms with Crippen LogP contribution in [0.15, 0.2) is 42.6 Å². The molecule has 0 aliphatic carbocycles. The second-order valence-corrected chi connectivity index (χ2v) is 6.83. The van der Waals surface area contributed by atoms with E-state index in [1.807, 2.05) is 30.3 Å². The van der Waals surface area contributed by atoms with Gasteiger partial charge in [-0.15, -0.1) is 0 Å². The molecule has 1 saturated heterocycles. The molecule has 4 amide bonds. The van der Waals surface area contributed by atoms with Crippen molar-refractivity contribution >= 4 is 35.1 Å². The van der Waals surface area contributed by atoms with E-state index in [0.29, 0.717) is 17.9 Å². The fourth-order valence-electron chi connectivity index (χ4n) is 2.73. The third-order valence-corrected chi connectivity index (χ3v) is 4.66. The Morgan fingerprint density at radius 2 is 2.04 bits per heavy atom. The Labute approximate surface area is 160 Å². The number of hydrogen-bond donors (Lipinski definition) is 3. The summed E-state index contributed by atoms with van der Waals surface area (Å²) in [5.74, 6) is -1.28. The van der Waals surface area contributed by atoms with E-state index in [1.54, 1.807) is 6.92 Å². The minimum Gasteiger partial charge on any atom is -0.397 e. The van der Waals surface area contributed by atoms with E-state index in [2.05, 4.69) is 15.7 Å². The van der Waals surface area contributed by atoms with E-state index in [0.717, 1.165) is 5.56 Å². The van der Waals surface area contributed by atoms with Crippen LogP contribution < -0.4 is 16.5 Å². The molecule has 0 bridgehead atoms. The molecule has 4 N–H and O–H groups in total. The molecule has 0 spiro atoms. The van der Waals surface area contributed by atoms with Crippen LogP contribution in [0, 0.1) is 0 Å². The third-order valence-electron chi connectivity index (χ3n) is 4.35. The van der Waals surface area contributed by atoms with E-state index in [9.17, 15) is 14.4 Å². The predicted molar refractivity (Wildman–Crippen MR) is 99.7 cm³/mol. The first kappa shape index (κ1) is 18.7. The lowest BCUT2D eigenvalue weighted by Gasteiger charge is -2.21. The van der Waals surface area contributed by atoms with Crippen molar-refractivity contribution in [2.45, 2.75) is 25.3 Å². The maximum atomic E-state index is 12.7. The minimum atomic E-state index is -1.12. The first-order valence-corrected chi connectivity index (χ1v) is 8.60. The van der Waals surface area contributed by atoms with Crippen LogP contribution in [0.2, 0.25) is 5.02 Å². The van der Waals surface area contributed by atoms with Crippen LogP contribution in [-0.4, -0.2) is 33.4 Å². The summed E-state index contributed by atoms with van der Waals surface area (Å²) in [5.41, 5.74) is 7.95. The van der Waals surface area contributed by atoms with E-state index in [-0.39, 0.29) is 16.4 Å². The number of carbonyl (C=O) groups excluding carboxylic acids is 3. The highest BCUT2D eigenvalue weighted by Crippen LogP contribution is 2.23. The number of nitrogen functional groups attached to an aromatic ring is 1. The Balaban J connectivity index is 1.69. The van der Waals surface area contributed by atoms with Crippen LogP contribution in [0.4, 0.5) is 10.5 Å². The van der Waals surface area contributed by atoms with Gasteiger partial charge in [0.2, 0.25) is 0 Å². The number of anilines is 1. The molecule has 140 valence electrons. The summed E-state index contributed by atoms with van der Waals surface area (Å²) in [5, 5.41) is 3.50. The smallest absolute Gasteiger partial charge is 0.344 e. The van der Waals surface area contributed by atoms with Gasteiger partial charge in [-0.1, -0.05) is 41.9 Å². The molecular formula is C18H18ClN5O3. The summed E-state index contributed by atoms with van der Waals surface area (Å²) in [6, 6.07) is 10.2. The summed E-state index contributed by atoms with van der Waals surface area (Å²) >= 11 is 5.78. The number of aromatic nitrogens is 1. The number of nitrogens with zero attached hydrogens (tertiary/aromatic N) is 2. The van der Waals surface area contributed by atoms with Crippen molar-refractivity contribution in [2.24, 2.45) is 0 Å². The van der Waals surface area contributed by atoms with E-state index < -0.39 is 23.4 Å². The Morgan fingerprint density at radius 1 is 1.33 bits per heavy atom. The van der Waals surface area contributed by atoms with Crippen molar-refractivity contribution < 1.29 is 14.4 Å². The number of hydrazine groups is 1. The Hall–Kier alpha value is -3.13. The Kier molecular flexibility index (Phi) is 5.00. The van der Waals surface area contributed by atoms with E-state index >= 15 is 0 Å². The quantitative estimate of drug-likeness (QED) is 0.677. The number of amides is 4. The standard InChI is InChI=1S/C18H18ClN5O3/c1-18(8-7-11-5-3-2-4-6-11)16(26)24(17(27)22-18)23-15(25)14-9-13(20)12(19)10-21-14/h2-6,9-10H,7-8H2,1H3,(H2,20,21)(H,22,27)(H,23,25). The number of urea groups is 1. The average Bonchev–Trinajstić information content (AvgIpc) is 2.86. The molecule has 1 aliphatic rings. The monoisotopic (exact) mass is 387 g/mol. The van der Waals surface area contributed by atoms with E-state index in [1.165, 1.54) is 12.3 Å². The van der Waals surface area contributed by atoms with Gasteiger partial charge in [0.05, 0.1) is 10.7 Å². The normalized spacial score (nSPS) is 19.1. The van der Waals surface area contributed by atoms with Crippen molar-refractivity contribution in [3.63, 3.8) is 0 Å². The van der Waals surface area contributed by atoms with Crippen molar-refractivity contribution in [3.8, 4) is 0 Å². The molecule has 1 fully saturated rings. The molecule has 1 unspecified atom stereocenters. The number of nitrogens with two attached hydrogens (primary N) is 1. The molecule has 2 heterocycles. The fraction of sp³-hybridized carbons (Fsp3) is 0.222. The number of aryl methyl sites for hydroxylation is 1. The van der Waals surface area contributed by atoms with Gasteiger partial charge in [-0.3, -0.25) is 15.0 Å². The van der Waals surface area contributed by atoms with Gasteiger partial charge in [-0.05, 0) is 31.4 Å². The first-order chi connectivity index (χ1) is 12.8. The van der Waals surface area contributed by atoms with Crippen LogP contribution in [-0.2, 0) is 11.2 Å². The van der Waals surface area contributed by atoms with Gasteiger partial charge in [0.1, 0.15) is 11.2 Å². The Morgan fingerprint density at radius 3 is 2.70 bits per heavy atom. The number of benzene rings is 1. The number of nitrogens with one attached hydrogen (secondary N) is 2. The SMILES string of the molecule is CC1(CCc2ccccc2)NC(=O)N(NC(=O)c2cc(N)c(Cl)cn2)C1=O. The number of imide groups is 1. The van der Waals surface area contributed by atoms with Gasteiger partial charge in [0.15, 0.2) is 0 Å². The van der Waals surface area contributed by atoms with Crippen LogP contribution in [0.25, 0.3) is 0 Å². The average molecular weight is 388 g/mol. The molecule has 1 aromatic carbocycles. The van der Waals surface area contributed by atoms with Gasteiger partial charge in [0, 0.05) is 6.20 Å². The lowest BCUT2D eigenvalue weighted by Crippen LogP contribution is -2.49. The predicted octanol–water partition coefficient (Wildman–Crippen LogP) is 1.91. The minimum absolute atomic E-state index is 0.0598. The fourth-order valence-corrected chi connectivity index (χ4v) is 2.83. The van der Waals surface area contributed by atoms with E-state index in [4.69, 9.17) is 17.3 Å². The molecule has 1 aliphatic heterocycles. The van der Waals surface area contributed by atoms with Crippen molar-refractivity contribution in [1.29, 1.82) is 0 Å². The molecule has 1 atom stereocenters. The second kappa shape index (κ2) is 7.24. The molecule has 2 aromatic rings.